The van der Waals surface area contributed by atoms with Gasteiger partial charge in [-0.3, -0.25) is 4.79 Å². The quantitative estimate of drug-likeness (QED) is 0.884. The predicted molar refractivity (Wildman–Crippen MR) is 75.6 cm³/mol. The van der Waals surface area contributed by atoms with Crippen LogP contribution in [-0.4, -0.2) is 5.91 Å². The maximum atomic E-state index is 12.2. The SMILES string of the molecule is CC1(C)[C@H](C(=O)Nc2ccccc2)[C@@H]1C=C(Cl)Cl. The van der Waals surface area contributed by atoms with Gasteiger partial charge in [-0.1, -0.05) is 55.2 Å². The largest absolute Gasteiger partial charge is 0.326 e. The summed E-state index contributed by atoms with van der Waals surface area (Å²) in [5, 5.41) is 2.91. The van der Waals surface area contributed by atoms with E-state index in [0.29, 0.717) is 0 Å². The van der Waals surface area contributed by atoms with Crippen LogP contribution in [0.5, 0.6) is 0 Å². The van der Waals surface area contributed by atoms with Crippen molar-refractivity contribution in [2.75, 3.05) is 5.32 Å². The van der Waals surface area contributed by atoms with Crippen LogP contribution in [0.25, 0.3) is 0 Å². The van der Waals surface area contributed by atoms with Crippen LogP contribution in [-0.2, 0) is 4.79 Å². The summed E-state index contributed by atoms with van der Waals surface area (Å²) in [5.74, 6) is 0.0402. The maximum absolute atomic E-state index is 12.2. The van der Waals surface area contributed by atoms with Crippen molar-refractivity contribution in [3.63, 3.8) is 0 Å². The van der Waals surface area contributed by atoms with Gasteiger partial charge in [-0.25, -0.2) is 0 Å². The third kappa shape index (κ3) is 2.70. The predicted octanol–water partition coefficient (Wildman–Crippen LogP) is 4.22. The lowest BCUT2D eigenvalue weighted by atomic mass is 10.1. The first-order valence-electron chi connectivity index (χ1n) is 5.81. The number of hydrogen-bond acceptors (Lipinski definition) is 1. The molecule has 1 aromatic rings. The summed E-state index contributed by atoms with van der Waals surface area (Å²) in [6, 6.07) is 9.43. The number of benzene rings is 1. The number of rotatable bonds is 3. The highest BCUT2D eigenvalue weighted by Crippen LogP contribution is 2.59. The van der Waals surface area contributed by atoms with Crippen LogP contribution in [0.15, 0.2) is 40.9 Å². The Hall–Kier alpha value is -0.990. The van der Waals surface area contributed by atoms with Crippen LogP contribution in [0.2, 0.25) is 0 Å². The van der Waals surface area contributed by atoms with E-state index in [1.807, 2.05) is 44.2 Å². The van der Waals surface area contributed by atoms with Crippen molar-refractivity contribution >= 4 is 34.8 Å². The van der Waals surface area contributed by atoms with E-state index >= 15 is 0 Å². The van der Waals surface area contributed by atoms with Gasteiger partial charge in [0, 0.05) is 5.69 Å². The van der Waals surface area contributed by atoms with Gasteiger partial charge in [0.1, 0.15) is 4.49 Å². The van der Waals surface area contributed by atoms with Gasteiger partial charge in [-0.05, 0) is 29.5 Å². The van der Waals surface area contributed by atoms with Crippen molar-refractivity contribution in [2.45, 2.75) is 13.8 Å². The second-order valence-corrected chi connectivity index (χ2v) is 6.14. The van der Waals surface area contributed by atoms with Crippen molar-refractivity contribution in [1.29, 1.82) is 0 Å². The van der Waals surface area contributed by atoms with Gasteiger partial charge in [-0.15, -0.1) is 0 Å². The van der Waals surface area contributed by atoms with Gasteiger partial charge in [0.2, 0.25) is 5.91 Å². The van der Waals surface area contributed by atoms with E-state index in [1.54, 1.807) is 6.08 Å². The number of allylic oxidation sites excluding steroid dienone is 1. The highest BCUT2D eigenvalue weighted by atomic mass is 35.5. The van der Waals surface area contributed by atoms with Gasteiger partial charge in [-0.2, -0.15) is 0 Å². The molecule has 18 heavy (non-hydrogen) atoms. The van der Waals surface area contributed by atoms with Gasteiger partial charge in [0.25, 0.3) is 0 Å². The van der Waals surface area contributed by atoms with Crippen LogP contribution in [0, 0.1) is 17.3 Å². The van der Waals surface area contributed by atoms with Crippen LogP contribution < -0.4 is 5.32 Å². The first kappa shape index (κ1) is 13.4. The van der Waals surface area contributed by atoms with Crippen LogP contribution in [0.4, 0.5) is 5.69 Å². The first-order valence-corrected chi connectivity index (χ1v) is 6.57. The van der Waals surface area contributed by atoms with Gasteiger partial charge < -0.3 is 5.32 Å². The van der Waals surface area contributed by atoms with Crippen LogP contribution in [0.3, 0.4) is 0 Å². The van der Waals surface area contributed by atoms with E-state index < -0.39 is 0 Å². The summed E-state index contributed by atoms with van der Waals surface area (Å²) in [6.07, 6.45) is 1.75. The molecule has 1 aliphatic carbocycles. The molecule has 0 unspecified atom stereocenters. The lowest BCUT2D eigenvalue weighted by molar-refractivity contribution is -0.118. The van der Waals surface area contributed by atoms with Crippen molar-refractivity contribution in [1.82, 2.24) is 0 Å². The number of carbonyl (C=O) groups is 1. The highest BCUT2D eigenvalue weighted by molar-refractivity contribution is 6.55. The fourth-order valence-electron chi connectivity index (χ4n) is 2.37. The molecule has 1 saturated carbocycles. The van der Waals surface area contributed by atoms with Crippen molar-refractivity contribution in [3.8, 4) is 0 Å². The second kappa shape index (κ2) is 4.94. The lowest BCUT2D eigenvalue weighted by Gasteiger charge is -2.05. The third-order valence-corrected chi connectivity index (χ3v) is 3.79. The molecule has 96 valence electrons. The molecule has 0 heterocycles. The zero-order valence-corrected chi connectivity index (χ0v) is 11.8. The maximum Gasteiger partial charge on any atom is 0.228 e. The highest BCUT2D eigenvalue weighted by Gasteiger charge is 2.60. The van der Waals surface area contributed by atoms with E-state index in [-0.39, 0.29) is 27.6 Å². The molecule has 4 heteroatoms. The van der Waals surface area contributed by atoms with Crippen LogP contribution >= 0.6 is 23.2 Å². The molecule has 2 nitrogen and oxygen atoms in total. The molecule has 0 radical (unpaired) electrons. The number of halogens is 2. The number of carbonyl (C=O) groups excluding carboxylic acids is 1. The molecule has 0 bridgehead atoms. The average molecular weight is 284 g/mol. The fraction of sp³-hybridized carbons (Fsp3) is 0.357. The van der Waals surface area contributed by atoms with Crippen molar-refractivity contribution in [2.24, 2.45) is 17.3 Å². The normalized spacial score (nSPS) is 24.2. The lowest BCUT2D eigenvalue weighted by Crippen LogP contribution is -2.16. The average Bonchev–Trinajstić information content (AvgIpc) is 2.80. The molecule has 2 rings (SSSR count). The molecule has 1 fully saturated rings. The summed E-state index contributed by atoms with van der Waals surface area (Å²) in [7, 11) is 0. The van der Waals surface area contributed by atoms with E-state index in [1.165, 1.54) is 0 Å². The standard InChI is InChI=1S/C14H15Cl2NO/c1-14(2)10(8-11(15)16)12(14)13(18)17-9-6-4-3-5-7-9/h3-8,10,12H,1-2H3,(H,17,18)/t10-,12-/m0/s1. The fourth-order valence-corrected chi connectivity index (χ4v) is 2.64. The Balaban J connectivity index is 2.05. The molecule has 0 aliphatic heterocycles. The third-order valence-electron chi connectivity index (χ3n) is 3.54. The molecular weight excluding hydrogens is 269 g/mol. The van der Waals surface area contributed by atoms with E-state index in [0.717, 1.165) is 5.69 Å². The summed E-state index contributed by atoms with van der Waals surface area (Å²) in [6.45, 7) is 4.08. The zero-order valence-electron chi connectivity index (χ0n) is 10.3. The molecule has 1 aromatic carbocycles. The number of para-hydroxylation sites is 1. The molecule has 1 N–H and O–H groups in total. The zero-order chi connectivity index (χ0) is 13.3. The first-order chi connectivity index (χ1) is 8.43. The molecular formula is C14H15Cl2NO. The van der Waals surface area contributed by atoms with E-state index in [4.69, 9.17) is 23.2 Å². The molecule has 0 aromatic heterocycles. The summed E-state index contributed by atoms with van der Waals surface area (Å²) < 4.78 is 0.225. The van der Waals surface area contributed by atoms with Crippen molar-refractivity contribution < 1.29 is 4.79 Å². The molecule has 2 atom stereocenters. The minimum absolute atomic E-state index is 0.0158. The van der Waals surface area contributed by atoms with Gasteiger partial charge >= 0.3 is 0 Å². The van der Waals surface area contributed by atoms with E-state index in [9.17, 15) is 4.79 Å². The monoisotopic (exact) mass is 283 g/mol. The molecule has 1 aliphatic rings. The number of amides is 1. The Morgan fingerprint density at radius 3 is 2.44 bits per heavy atom. The topological polar surface area (TPSA) is 29.1 Å². The van der Waals surface area contributed by atoms with E-state index in [2.05, 4.69) is 5.32 Å². The van der Waals surface area contributed by atoms with Gasteiger partial charge in [0.15, 0.2) is 0 Å². The Bertz CT molecular complexity index is 478. The molecule has 0 saturated heterocycles. The second-order valence-electron chi connectivity index (χ2n) is 5.14. The number of anilines is 1. The smallest absolute Gasteiger partial charge is 0.228 e. The number of nitrogens with one attached hydrogen (secondary N) is 1. The summed E-state index contributed by atoms with van der Waals surface area (Å²) in [5.41, 5.74) is 0.721. The van der Waals surface area contributed by atoms with Crippen LogP contribution in [0.1, 0.15) is 13.8 Å². The Kier molecular flexibility index (Phi) is 3.69. The summed E-state index contributed by atoms with van der Waals surface area (Å²) >= 11 is 11.3. The molecule has 1 amide bonds. The summed E-state index contributed by atoms with van der Waals surface area (Å²) in [4.78, 5) is 12.2. The minimum atomic E-state index is -0.0894. The Labute approximate surface area is 117 Å². The molecule has 0 spiro atoms. The van der Waals surface area contributed by atoms with Crippen molar-refractivity contribution in [3.05, 3.63) is 40.9 Å². The van der Waals surface area contributed by atoms with Gasteiger partial charge in [0.05, 0.1) is 5.92 Å². The Morgan fingerprint density at radius 2 is 1.89 bits per heavy atom. The Morgan fingerprint density at radius 1 is 1.28 bits per heavy atom. The minimum Gasteiger partial charge on any atom is -0.326 e. The number of hydrogen-bond donors (Lipinski definition) is 1.